The SMILES string of the molecule is CC[C@@H](C)Oc1ccc(NC(=O)C2(OC)CCC(C)CC2)c2ccccc12. The fraction of sp³-hybridized carbons (Fsp3) is 0.522. The van der Waals surface area contributed by atoms with Crippen molar-refractivity contribution in [2.75, 3.05) is 12.4 Å². The molecule has 4 heteroatoms. The van der Waals surface area contributed by atoms with Gasteiger partial charge in [0.2, 0.25) is 0 Å². The van der Waals surface area contributed by atoms with E-state index in [-0.39, 0.29) is 12.0 Å². The maximum absolute atomic E-state index is 13.1. The van der Waals surface area contributed by atoms with Gasteiger partial charge in [0.25, 0.3) is 5.91 Å². The standard InChI is InChI=1S/C23H31NO3/c1-5-17(3)27-21-11-10-20(18-8-6-7-9-19(18)21)24-22(25)23(26-4)14-12-16(2)13-15-23/h6-11,16-17H,5,12-15H2,1-4H3,(H,24,25)/t16?,17-,23?/m1/s1. The summed E-state index contributed by atoms with van der Waals surface area (Å²) in [4.78, 5) is 13.1. The molecule has 0 spiro atoms. The van der Waals surface area contributed by atoms with Gasteiger partial charge in [-0.2, -0.15) is 0 Å². The fourth-order valence-corrected chi connectivity index (χ4v) is 3.77. The fourth-order valence-electron chi connectivity index (χ4n) is 3.77. The summed E-state index contributed by atoms with van der Waals surface area (Å²) in [6.45, 7) is 6.41. The number of carbonyl (C=O) groups is 1. The molecule has 0 aromatic heterocycles. The predicted molar refractivity (Wildman–Crippen MR) is 110 cm³/mol. The molecule has 1 atom stereocenters. The molecular weight excluding hydrogens is 338 g/mol. The monoisotopic (exact) mass is 369 g/mol. The minimum absolute atomic E-state index is 0.0438. The Bertz CT molecular complexity index is 793. The Hall–Kier alpha value is -2.07. The van der Waals surface area contributed by atoms with Gasteiger partial charge in [-0.15, -0.1) is 0 Å². The summed E-state index contributed by atoms with van der Waals surface area (Å²) >= 11 is 0. The molecule has 1 N–H and O–H groups in total. The number of rotatable bonds is 6. The van der Waals surface area contributed by atoms with E-state index >= 15 is 0 Å². The van der Waals surface area contributed by atoms with Crippen molar-refractivity contribution in [2.24, 2.45) is 5.92 Å². The normalized spacial score (nSPS) is 23.8. The van der Waals surface area contributed by atoms with Gasteiger partial charge >= 0.3 is 0 Å². The molecule has 3 rings (SSSR count). The largest absolute Gasteiger partial charge is 0.490 e. The van der Waals surface area contributed by atoms with Crippen molar-refractivity contribution < 1.29 is 14.3 Å². The molecule has 0 radical (unpaired) electrons. The molecule has 2 aromatic carbocycles. The summed E-state index contributed by atoms with van der Waals surface area (Å²) in [5.41, 5.74) is 0.0848. The lowest BCUT2D eigenvalue weighted by Crippen LogP contribution is -2.47. The summed E-state index contributed by atoms with van der Waals surface area (Å²) in [5, 5.41) is 5.14. The van der Waals surface area contributed by atoms with Gasteiger partial charge in [0, 0.05) is 23.6 Å². The highest BCUT2D eigenvalue weighted by Gasteiger charge is 2.41. The van der Waals surface area contributed by atoms with Gasteiger partial charge in [0.15, 0.2) is 0 Å². The van der Waals surface area contributed by atoms with E-state index in [4.69, 9.17) is 9.47 Å². The van der Waals surface area contributed by atoms with Crippen molar-refractivity contribution in [3.63, 3.8) is 0 Å². The van der Waals surface area contributed by atoms with Gasteiger partial charge in [0.05, 0.1) is 6.10 Å². The van der Waals surface area contributed by atoms with Crippen LogP contribution in [0.5, 0.6) is 5.75 Å². The third kappa shape index (κ3) is 4.11. The van der Waals surface area contributed by atoms with Gasteiger partial charge < -0.3 is 14.8 Å². The van der Waals surface area contributed by atoms with E-state index in [1.807, 2.05) is 36.4 Å². The Morgan fingerprint density at radius 3 is 2.48 bits per heavy atom. The molecule has 1 aliphatic carbocycles. The number of amides is 1. The van der Waals surface area contributed by atoms with Gasteiger partial charge in [0.1, 0.15) is 11.4 Å². The van der Waals surface area contributed by atoms with Crippen LogP contribution in [0.1, 0.15) is 52.9 Å². The van der Waals surface area contributed by atoms with E-state index < -0.39 is 5.60 Å². The average Bonchev–Trinajstić information content (AvgIpc) is 2.70. The van der Waals surface area contributed by atoms with Crippen LogP contribution in [0.2, 0.25) is 0 Å². The average molecular weight is 370 g/mol. The molecule has 0 bridgehead atoms. The van der Waals surface area contributed by atoms with Crippen molar-refractivity contribution in [1.82, 2.24) is 0 Å². The highest BCUT2D eigenvalue weighted by molar-refractivity contribution is 6.06. The topological polar surface area (TPSA) is 47.6 Å². The summed E-state index contributed by atoms with van der Waals surface area (Å²) in [7, 11) is 1.65. The van der Waals surface area contributed by atoms with Crippen LogP contribution in [0.3, 0.4) is 0 Å². The van der Waals surface area contributed by atoms with Crippen molar-refractivity contribution in [3.8, 4) is 5.75 Å². The molecule has 0 saturated heterocycles. The minimum Gasteiger partial charge on any atom is -0.490 e. The molecule has 27 heavy (non-hydrogen) atoms. The first-order valence-corrected chi connectivity index (χ1v) is 10.0. The number of methoxy groups -OCH3 is 1. The summed E-state index contributed by atoms with van der Waals surface area (Å²) in [5.74, 6) is 1.46. The maximum Gasteiger partial charge on any atom is 0.256 e. The van der Waals surface area contributed by atoms with Crippen LogP contribution < -0.4 is 10.1 Å². The molecule has 4 nitrogen and oxygen atoms in total. The second-order valence-electron chi connectivity index (χ2n) is 7.83. The minimum atomic E-state index is -0.723. The van der Waals surface area contributed by atoms with Crippen molar-refractivity contribution in [1.29, 1.82) is 0 Å². The van der Waals surface area contributed by atoms with Crippen LogP contribution >= 0.6 is 0 Å². The van der Waals surface area contributed by atoms with E-state index in [1.54, 1.807) is 7.11 Å². The number of nitrogens with one attached hydrogen (secondary N) is 1. The first-order chi connectivity index (χ1) is 13.0. The van der Waals surface area contributed by atoms with Crippen LogP contribution in [0, 0.1) is 5.92 Å². The van der Waals surface area contributed by atoms with Crippen molar-refractivity contribution in [2.45, 2.75) is 64.6 Å². The maximum atomic E-state index is 13.1. The van der Waals surface area contributed by atoms with Crippen LogP contribution in [-0.2, 0) is 9.53 Å². The van der Waals surface area contributed by atoms with Gasteiger partial charge in [-0.3, -0.25) is 4.79 Å². The molecular formula is C23H31NO3. The first-order valence-electron chi connectivity index (χ1n) is 10.0. The molecule has 2 aromatic rings. The highest BCUT2D eigenvalue weighted by atomic mass is 16.5. The molecule has 146 valence electrons. The quantitative estimate of drug-likeness (QED) is 0.726. The third-order valence-electron chi connectivity index (χ3n) is 5.92. The van der Waals surface area contributed by atoms with Crippen LogP contribution in [-0.4, -0.2) is 24.7 Å². The van der Waals surface area contributed by atoms with E-state index in [0.29, 0.717) is 5.92 Å². The Kier molecular flexibility index (Phi) is 6.05. The zero-order valence-corrected chi connectivity index (χ0v) is 16.9. The Morgan fingerprint density at radius 1 is 1.19 bits per heavy atom. The number of ether oxygens (including phenoxy) is 2. The summed E-state index contributed by atoms with van der Waals surface area (Å²) in [6.07, 6.45) is 4.66. The van der Waals surface area contributed by atoms with E-state index in [2.05, 4.69) is 26.1 Å². The third-order valence-corrected chi connectivity index (χ3v) is 5.92. The van der Waals surface area contributed by atoms with E-state index in [0.717, 1.165) is 54.3 Å². The van der Waals surface area contributed by atoms with Crippen LogP contribution in [0.15, 0.2) is 36.4 Å². The van der Waals surface area contributed by atoms with Gasteiger partial charge in [-0.1, -0.05) is 38.1 Å². The number of carbonyl (C=O) groups excluding carboxylic acids is 1. The predicted octanol–water partition coefficient (Wildman–Crippen LogP) is 5.55. The summed E-state index contributed by atoms with van der Waals surface area (Å²) < 4.78 is 11.8. The van der Waals surface area contributed by atoms with Crippen LogP contribution in [0.25, 0.3) is 10.8 Å². The molecule has 1 saturated carbocycles. The summed E-state index contributed by atoms with van der Waals surface area (Å²) in [6, 6.07) is 11.9. The lowest BCUT2D eigenvalue weighted by atomic mass is 9.79. The Balaban J connectivity index is 1.89. The van der Waals surface area contributed by atoms with Gasteiger partial charge in [-0.05, 0) is 57.1 Å². The number of benzene rings is 2. The molecule has 0 unspecified atom stereocenters. The van der Waals surface area contributed by atoms with Crippen molar-refractivity contribution >= 4 is 22.4 Å². The lowest BCUT2D eigenvalue weighted by Gasteiger charge is -2.36. The Labute approximate surface area is 162 Å². The molecule has 0 heterocycles. The van der Waals surface area contributed by atoms with Gasteiger partial charge in [-0.25, -0.2) is 0 Å². The van der Waals surface area contributed by atoms with Crippen molar-refractivity contribution in [3.05, 3.63) is 36.4 Å². The molecule has 1 amide bonds. The number of hydrogen-bond acceptors (Lipinski definition) is 3. The smallest absolute Gasteiger partial charge is 0.256 e. The second kappa shape index (κ2) is 8.30. The zero-order valence-electron chi connectivity index (χ0n) is 16.9. The lowest BCUT2D eigenvalue weighted by molar-refractivity contribution is -0.142. The number of anilines is 1. The van der Waals surface area contributed by atoms with E-state index in [9.17, 15) is 4.79 Å². The Morgan fingerprint density at radius 2 is 1.85 bits per heavy atom. The molecule has 0 aliphatic heterocycles. The number of hydrogen-bond donors (Lipinski definition) is 1. The number of fused-ring (bicyclic) bond motifs is 1. The highest BCUT2D eigenvalue weighted by Crippen LogP contribution is 2.37. The first kappa shape index (κ1) is 19.7. The zero-order chi connectivity index (χ0) is 19.4. The van der Waals surface area contributed by atoms with E-state index in [1.165, 1.54) is 0 Å². The molecule has 1 fully saturated rings. The second-order valence-corrected chi connectivity index (χ2v) is 7.83. The molecule has 1 aliphatic rings. The van der Waals surface area contributed by atoms with Crippen LogP contribution in [0.4, 0.5) is 5.69 Å².